The van der Waals surface area contributed by atoms with E-state index in [-0.39, 0.29) is 23.4 Å². The smallest absolute Gasteiger partial charge is 0.269 e. The zero-order valence-electron chi connectivity index (χ0n) is 16.8. The van der Waals surface area contributed by atoms with Gasteiger partial charge in [-0.15, -0.1) is 0 Å². The molecule has 3 aromatic rings. The molecule has 2 aromatic heterocycles. The van der Waals surface area contributed by atoms with Gasteiger partial charge < -0.3 is 15.2 Å². The first kappa shape index (κ1) is 20.3. The molecule has 2 amide bonds. The molecular formula is C22H25N5O2. The standard InChI is InChI=1S/C22H25N5O2/c1-15(17-7-5-4-6-8-17)19-13-18(14-20(26-19)22(29)23-3)21(28)25-10-12-27-11-9-24-16(27)2/h4-9,11,13-15H,10,12H2,1-3H3,(H,23,29)(H,25,28)/t15-/m0/s1. The van der Waals surface area contributed by atoms with Crippen molar-refractivity contribution < 1.29 is 9.59 Å². The number of pyridine rings is 1. The van der Waals surface area contributed by atoms with Gasteiger partial charge in [0.25, 0.3) is 11.8 Å². The summed E-state index contributed by atoms with van der Waals surface area (Å²) in [6, 6.07) is 13.2. The van der Waals surface area contributed by atoms with E-state index in [1.165, 1.54) is 6.07 Å². The largest absolute Gasteiger partial charge is 0.354 e. The van der Waals surface area contributed by atoms with Crippen LogP contribution in [-0.4, -0.2) is 39.9 Å². The highest BCUT2D eigenvalue weighted by Crippen LogP contribution is 2.23. The summed E-state index contributed by atoms with van der Waals surface area (Å²) in [6.45, 7) is 5.00. The molecule has 0 aliphatic heterocycles. The van der Waals surface area contributed by atoms with E-state index in [1.807, 2.05) is 54.9 Å². The van der Waals surface area contributed by atoms with E-state index in [0.717, 1.165) is 11.4 Å². The van der Waals surface area contributed by atoms with Crippen LogP contribution in [0, 0.1) is 6.92 Å². The van der Waals surface area contributed by atoms with Crippen molar-refractivity contribution in [2.75, 3.05) is 13.6 Å². The second kappa shape index (κ2) is 9.14. The number of carbonyl (C=O) groups excluding carboxylic acids is 2. The number of aryl methyl sites for hydroxylation is 1. The van der Waals surface area contributed by atoms with Gasteiger partial charge in [-0.1, -0.05) is 37.3 Å². The number of carbonyl (C=O) groups is 2. The van der Waals surface area contributed by atoms with Crippen molar-refractivity contribution in [2.45, 2.75) is 26.3 Å². The molecule has 0 saturated carbocycles. The molecule has 0 spiro atoms. The Kier molecular flexibility index (Phi) is 6.39. The molecule has 3 rings (SSSR count). The summed E-state index contributed by atoms with van der Waals surface area (Å²) >= 11 is 0. The molecule has 7 nitrogen and oxygen atoms in total. The summed E-state index contributed by atoms with van der Waals surface area (Å²) < 4.78 is 1.96. The molecule has 0 saturated heterocycles. The maximum atomic E-state index is 12.7. The third-order valence-corrected chi connectivity index (χ3v) is 4.87. The van der Waals surface area contributed by atoms with Gasteiger partial charge in [0, 0.05) is 49.7 Å². The predicted molar refractivity (Wildman–Crippen MR) is 111 cm³/mol. The molecule has 0 aliphatic carbocycles. The number of nitrogens with one attached hydrogen (secondary N) is 2. The lowest BCUT2D eigenvalue weighted by molar-refractivity contribution is 0.0952. The van der Waals surface area contributed by atoms with Crippen molar-refractivity contribution in [3.8, 4) is 0 Å². The van der Waals surface area contributed by atoms with Crippen LogP contribution in [0.1, 0.15) is 50.8 Å². The van der Waals surface area contributed by atoms with Gasteiger partial charge in [0.05, 0.1) is 0 Å². The van der Waals surface area contributed by atoms with Crippen LogP contribution >= 0.6 is 0 Å². The van der Waals surface area contributed by atoms with Gasteiger partial charge in [0.15, 0.2) is 0 Å². The summed E-state index contributed by atoms with van der Waals surface area (Å²) in [4.78, 5) is 33.6. The third-order valence-electron chi connectivity index (χ3n) is 4.87. The van der Waals surface area contributed by atoms with E-state index in [4.69, 9.17) is 0 Å². The van der Waals surface area contributed by atoms with Crippen LogP contribution in [0.2, 0.25) is 0 Å². The number of aromatic nitrogens is 3. The lowest BCUT2D eigenvalue weighted by Gasteiger charge is -2.15. The van der Waals surface area contributed by atoms with E-state index >= 15 is 0 Å². The Morgan fingerprint density at radius 2 is 1.90 bits per heavy atom. The van der Waals surface area contributed by atoms with Gasteiger partial charge in [-0.2, -0.15) is 0 Å². The molecule has 0 aliphatic rings. The van der Waals surface area contributed by atoms with E-state index in [2.05, 4.69) is 20.6 Å². The summed E-state index contributed by atoms with van der Waals surface area (Å²) in [6.07, 6.45) is 3.60. The Morgan fingerprint density at radius 3 is 2.55 bits per heavy atom. The summed E-state index contributed by atoms with van der Waals surface area (Å²) in [5.74, 6) is 0.275. The second-order valence-corrected chi connectivity index (χ2v) is 6.80. The number of amides is 2. The lowest BCUT2D eigenvalue weighted by atomic mass is 9.96. The Bertz CT molecular complexity index is 997. The van der Waals surface area contributed by atoms with Crippen LogP contribution < -0.4 is 10.6 Å². The molecule has 0 radical (unpaired) electrons. The Labute approximate surface area is 170 Å². The van der Waals surface area contributed by atoms with Crippen LogP contribution in [-0.2, 0) is 6.54 Å². The van der Waals surface area contributed by atoms with E-state index in [1.54, 1.807) is 19.3 Å². The van der Waals surface area contributed by atoms with Gasteiger partial charge >= 0.3 is 0 Å². The number of imidazole rings is 1. The topological polar surface area (TPSA) is 88.9 Å². The number of benzene rings is 1. The van der Waals surface area contributed by atoms with Crippen molar-refractivity contribution in [1.29, 1.82) is 0 Å². The zero-order chi connectivity index (χ0) is 20.8. The molecule has 1 aromatic carbocycles. The lowest BCUT2D eigenvalue weighted by Crippen LogP contribution is -2.28. The van der Waals surface area contributed by atoms with Gasteiger partial charge in [-0.25, -0.2) is 9.97 Å². The molecule has 1 atom stereocenters. The fraction of sp³-hybridized carbons (Fsp3) is 0.273. The fourth-order valence-corrected chi connectivity index (χ4v) is 3.09. The van der Waals surface area contributed by atoms with Crippen LogP contribution in [0.15, 0.2) is 54.9 Å². The second-order valence-electron chi connectivity index (χ2n) is 6.80. The molecule has 0 unspecified atom stereocenters. The van der Waals surface area contributed by atoms with E-state index in [0.29, 0.717) is 24.3 Å². The van der Waals surface area contributed by atoms with Crippen LogP contribution in [0.25, 0.3) is 0 Å². The van der Waals surface area contributed by atoms with E-state index < -0.39 is 0 Å². The first-order valence-corrected chi connectivity index (χ1v) is 9.54. The van der Waals surface area contributed by atoms with Crippen molar-refractivity contribution in [1.82, 2.24) is 25.2 Å². The predicted octanol–water partition coefficient (Wildman–Crippen LogP) is 2.53. The summed E-state index contributed by atoms with van der Waals surface area (Å²) in [7, 11) is 1.55. The molecule has 2 N–H and O–H groups in total. The average Bonchev–Trinajstić information content (AvgIpc) is 3.17. The first-order chi connectivity index (χ1) is 14.0. The monoisotopic (exact) mass is 391 g/mol. The van der Waals surface area contributed by atoms with Crippen molar-refractivity contribution in [2.24, 2.45) is 0 Å². The highest BCUT2D eigenvalue weighted by atomic mass is 16.2. The minimum Gasteiger partial charge on any atom is -0.354 e. The molecule has 0 fully saturated rings. The van der Waals surface area contributed by atoms with Gasteiger partial charge in [-0.05, 0) is 24.6 Å². The normalized spacial score (nSPS) is 11.7. The molecule has 150 valence electrons. The van der Waals surface area contributed by atoms with Gasteiger partial charge in [-0.3, -0.25) is 9.59 Å². The highest BCUT2D eigenvalue weighted by Gasteiger charge is 2.18. The van der Waals surface area contributed by atoms with Gasteiger partial charge in [0.2, 0.25) is 0 Å². The molecular weight excluding hydrogens is 366 g/mol. The number of hydrogen-bond acceptors (Lipinski definition) is 4. The number of nitrogens with zero attached hydrogens (tertiary/aromatic N) is 3. The van der Waals surface area contributed by atoms with Gasteiger partial charge in [0.1, 0.15) is 11.5 Å². The van der Waals surface area contributed by atoms with Crippen molar-refractivity contribution >= 4 is 11.8 Å². The maximum Gasteiger partial charge on any atom is 0.269 e. The first-order valence-electron chi connectivity index (χ1n) is 9.54. The van der Waals surface area contributed by atoms with E-state index in [9.17, 15) is 9.59 Å². The average molecular weight is 391 g/mol. The quantitative estimate of drug-likeness (QED) is 0.648. The Morgan fingerprint density at radius 1 is 1.14 bits per heavy atom. The fourth-order valence-electron chi connectivity index (χ4n) is 3.09. The van der Waals surface area contributed by atoms with Crippen molar-refractivity contribution in [3.63, 3.8) is 0 Å². The minimum atomic E-state index is -0.324. The Balaban J connectivity index is 1.82. The molecule has 29 heavy (non-hydrogen) atoms. The summed E-state index contributed by atoms with van der Waals surface area (Å²) in [5.41, 5.74) is 2.38. The van der Waals surface area contributed by atoms with Crippen LogP contribution in [0.3, 0.4) is 0 Å². The molecule has 0 bridgehead atoms. The summed E-state index contributed by atoms with van der Waals surface area (Å²) in [5, 5.41) is 5.49. The molecule has 7 heteroatoms. The van der Waals surface area contributed by atoms with Crippen molar-refractivity contribution in [3.05, 3.63) is 83.2 Å². The Hall–Kier alpha value is -3.48. The van der Waals surface area contributed by atoms with Crippen LogP contribution in [0.4, 0.5) is 0 Å². The number of rotatable bonds is 7. The van der Waals surface area contributed by atoms with Crippen LogP contribution in [0.5, 0.6) is 0 Å². The SMILES string of the molecule is CNC(=O)c1cc(C(=O)NCCn2ccnc2C)cc([C@@H](C)c2ccccc2)n1. The molecule has 2 heterocycles. The third kappa shape index (κ3) is 4.87. The minimum absolute atomic E-state index is 0.0547. The highest BCUT2D eigenvalue weighted by molar-refractivity contribution is 5.98. The maximum absolute atomic E-state index is 12.7. The number of hydrogen-bond donors (Lipinski definition) is 2. The zero-order valence-corrected chi connectivity index (χ0v) is 16.8.